The van der Waals surface area contributed by atoms with E-state index in [-0.39, 0.29) is 16.7 Å². The normalized spacial score (nSPS) is 17.4. The number of methoxy groups -OCH3 is 1. The molecule has 6 nitrogen and oxygen atoms in total. The number of rotatable bonds is 4. The minimum atomic E-state index is -0.855. The molecule has 3 aromatic rings. The Morgan fingerprint density at radius 1 is 0.889 bits per heavy atom. The highest BCUT2D eigenvalue weighted by Gasteiger charge is 2.47. The Morgan fingerprint density at radius 2 is 1.44 bits per heavy atom. The lowest BCUT2D eigenvalue weighted by molar-refractivity contribution is -0.132. The number of aliphatic hydroxyl groups excluding tert-OH is 1. The summed E-state index contributed by atoms with van der Waals surface area (Å²) in [6, 6.07) is 20.0. The summed E-state index contributed by atoms with van der Waals surface area (Å²) in [7, 11) is 1.29. The molecule has 36 heavy (non-hydrogen) atoms. The van der Waals surface area contributed by atoms with Crippen molar-refractivity contribution >= 4 is 45.0 Å². The van der Waals surface area contributed by atoms with Gasteiger partial charge in [0.05, 0.1) is 24.3 Å². The minimum absolute atomic E-state index is 0.00266. The number of hydrogen-bond acceptors (Lipinski definition) is 5. The molecule has 1 amide bonds. The molecule has 1 N–H and O–H groups in total. The molecule has 0 spiro atoms. The molecule has 1 atom stereocenters. The Balaban J connectivity index is 1.89. The predicted octanol–water partition coefficient (Wildman–Crippen LogP) is 6.16. The Bertz CT molecular complexity index is 1350. The van der Waals surface area contributed by atoms with E-state index in [4.69, 9.17) is 4.74 Å². The molecule has 1 heterocycles. The van der Waals surface area contributed by atoms with Crippen molar-refractivity contribution in [2.24, 2.45) is 0 Å². The average Bonchev–Trinajstić information content (AvgIpc) is 3.13. The highest BCUT2D eigenvalue weighted by Crippen LogP contribution is 2.42. The number of amides is 1. The molecule has 3 aromatic carbocycles. The molecular weight excluding hydrogens is 522 g/mol. The molecule has 0 saturated carbocycles. The van der Waals surface area contributed by atoms with E-state index in [0.29, 0.717) is 22.4 Å². The molecule has 1 aliphatic heterocycles. The lowest BCUT2D eigenvalue weighted by Crippen LogP contribution is -2.29. The van der Waals surface area contributed by atoms with Gasteiger partial charge in [0, 0.05) is 15.7 Å². The Labute approximate surface area is 218 Å². The minimum Gasteiger partial charge on any atom is -0.507 e. The number of aliphatic hydroxyl groups is 1. The molecule has 1 aliphatic rings. The third-order valence-electron chi connectivity index (χ3n) is 6.22. The van der Waals surface area contributed by atoms with E-state index >= 15 is 0 Å². The van der Waals surface area contributed by atoms with Crippen LogP contribution in [0.25, 0.3) is 5.76 Å². The summed E-state index contributed by atoms with van der Waals surface area (Å²) < 4.78 is 5.58. The summed E-state index contributed by atoms with van der Waals surface area (Å²) in [5, 5.41) is 11.2. The third-order valence-corrected chi connectivity index (χ3v) is 6.75. The maximum absolute atomic E-state index is 13.3. The second kappa shape index (κ2) is 9.74. The topological polar surface area (TPSA) is 83.9 Å². The molecule has 7 heteroatoms. The smallest absolute Gasteiger partial charge is 0.337 e. The van der Waals surface area contributed by atoms with Crippen LogP contribution in [0.5, 0.6) is 0 Å². The number of anilines is 1. The van der Waals surface area contributed by atoms with Crippen LogP contribution in [0.1, 0.15) is 53.9 Å². The predicted molar refractivity (Wildman–Crippen MR) is 142 cm³/mol. The van der Waals surface area contributed by atoms with Crippen molar-refractivity contribution in [2.45, 2.75) is 32.2 Å². The maximum Gasteiger partial charge on any atom is 0.337 e. The van der Waals surface area contributed by atoms with Crippen molar-refractivity contribution in [3.05, 3.63) is 105 Å². The van der Waals surface area contributed by atoms with Gasteiger partial charge in [0.1, 0.15) is 5.76 Å². The zero-order chi connectivity index (χ0) is 26.2. The number of hydrogen-bond donors (Lipinski definition) is 1. The standard InChI is InChI=1S/C29H26BrNO5/c1-29(2,3)20-11-5-17(6-12-20)24-23(25(32)18-7-13-21(30)14-8-18)26(33)27(34)31(24)22-15-9-19(10-16-22)28(35)36-4/h5-16,24,32H,1-4H3/b25-23+. The molecule has 1 fully saturated rings. The fraction of sp³-hybridized carbons (Fsp3) is 0.207. The Morgan fingerprint density at radius 3 is 1.97 bits per heavy atom. The quantitative estimate of drug-likeness (QED) is 0.183. The van der Waals surface area contributed by atoms with E-state index in [1.54, 1.807) is 36.4 Å². The summed E-state index contributed by atoms with van der Waals surface area (Å²) in [6.45, 7) is 6.31. The van der Waals surface area contributed by atoms with Gasteiger partial charge < -0.3 is 9.84 Å². The van der Waals surface area contributed by atoms with Crippen LogP contribution < -0.4 is 4.90 Å². The largest absolute Gasteiger partial charge is 0.507 e. The zero-order valence-electron chi connectivity index (χ0n) is 20.4. The van der Waals surface area contributed by atoms with Gasteiger partial charge in [-0.3, -0.25) is 14.5 Å². The summed E-state index contributed by atoms with van der Waals surface area (Å²) in [5.41, 5.74) is 2.86. The van der Waals surface area contributed by atoms with Gasteiger partial charge in [0.15, 0.2) is 0 Å². The monoisotopic (exact) mass is 547 g/mol. The number of Topliss-reactive ketones (excluding diaryl/α,β-unsaturated/α-hetero) is 1. The fourth-order valence-corrected chi connectivity index (χ4v) is 4.48. The lowest BCUT2D eigenvalue weighted by atomic mass is 9.85. The molecule has 0 aromatic heterocycles. The van der Waals surface area contributed by atoms with E-state index < -0.39 is 23.7 Å². The van der Waals surface area contributed by atoms with Gasteiger partial charge >= 0.3 is 5.97 Å². The molecule has 1 saturated heterocycles. The highest BCUT2D eigenvalue weighted by molar-refractivity contribution is 9.10. The molecule has 4 rings (SSSR count). The summed E-state index contributed by atoms with van der Waals surface area (Å²) >= 11 is 3.37. The summed E-state index contributed by atoms with van der Waals surface area (Å²) in [6.07, 6.45) is 0. The van der Waals surface area contributed by atoms with Gasteiger partial charge in [-0.2, -0.15) is 0 Å². The van der Waals surface area contributed by atoms with E-state index in [9.17, 15) is 19.5 Å². The summed E-state index contributed by atoms with van der Waals surface area (Å²) in [4.78, 5) is 39.9. The first-order valence-electron chi connectivity index (χ1n) is 11.4. The second-order valence-electron chi connectivity index (χ2n) is 9.59. The number of nitrogens with zero attached hydrogens (tertiary/aromatic N) is 1. The van der Waals surface area contributed by atoms with Crippen LogP contribution in [-0.4, -0.2) is 29.9 Å². The van der Waals surface area contributed by atoms with Crippen molar-refractivity contribution in [1.29, 1.82) is 0 Å². The number of halogens is 1. The van der Waals surface area contributed by atoms with Gasteiger partial charge in [-0.25, -0.2) is 4.79 Å². The first kappa shape index (κ1) is 25.4. The Hall–Kier alpha value is -3.71. The van der Waals surface area contributed by atoms with Gasteiger partial charge in [-0.1, -0.05) is 73.1 Å². The molecular formula is C29H26BrNO5. The number of ether oxygens (including phenoxy) is 1. The van der Waals surface area contributed by atoms with Gasteiger partial charge in [-0.15, -0.1) is 0 Å². The van der Waals surface area contributed by atoms with E-state index in [2.05, 4.69) is 36.7 Å². The van der Waals surface area contributed by atoms with Crippen molar-refractivity contribution in [2.75, 3.05) is 12.0 Å². The van der Waals surface area contributed by atoms with Crippen LogP contribution in [0.4, 0.5) is 5.69 Å². The number of carbonyl (C=O) groups is 3. The van der Waals surface area contributed by atoms with Crippen LogP contribution in [0.2, 0.25) is 0 Å². The van der Waals surface area contributed by atoms with Crippen molar-refractivity contribution in [3.63, 3.8) is 0 Å². The zero-order valence-corrected chi connectivity index (χ0v) is 22.0. The maximum atomic E-state index is 13.3. The van der Waals surface area contributed by atoms with Gasteiger partial charge in [0.2, 0.25) is 0 Å². The SMILES string of the molecule is COC(=O)c1ccc(N2C(=O)C(=O)/C(=C(/O)c3ccc(Br)cc3)C2c2ccc(C(C)(C)C)cc2)cc1. The van der Waals surface area contributed by atoms with Crippen molar-refractivity contribution < 1.29 is 24.2 Å². The van der Waals surface area contributed by atoms with E-state index in [0.717, 1.165) is 10.0 Å². The van der Waals surface area contributed by atoms with Crippen molar-refractivity contribution in [1.82, 2.24) is 0 Å². The van der Waals surface area contributed by atoms with E-state index in [1.165, 1.54) is 24.1 Å². The van der Waals surface area contributed by atoms with Crippen LogP contribution in [0.15, 0.2) is 82.8 Å². The van der Waals surface area contributed by atoms with Crippen LogP contribution in [0, 0.1) is 0 Å². The number of esters is 1. The van der Waals surface area contributed by atoms with Crippen LogP contribution in [-0.2, 0) is 19.7 Å². The Kier molecular flexibility index (Phi) is 6.87. The first-order valence-corrected chi connectivity index (χ1v) is 12.2. The fourth-order valence-electron chi connectivity index (χ4n) is 4.22. The van der Waals surface area contributed by atoms with Gasteiger partial charge in [-0.05, 0) is 52.9 Å². The molecule has 0 bridgehead atoms. The van der Waals surface area contributed by atoms with Crippen LogP contribution >= 0.6 is 15.9 Å². The highest BCUT2D eigenvalue weighted by atomic mass is 79.9. The molecule has 0 aliphatic carbocycles. The lowest BCUT2D eigenvalue weighted by Gasteiger charge is -2.26. The number of ketones is 1. The molecule has 1 unspecified atom stereocenters. The van der Waals surface area contributed by atoms with Crippen LogP contribution in [0.3, 0.4) is 0 Å². The third kappa shape index (κ3) is 4.71. The first-order chi connectivity index (χ1) is 17.0. The number of carbonyl (C=O) groups excluding carboxylic acids is 3. The average molecular weight is 548 g/mol. The van der Waals surface area contributed by atoms with Crippen molar-refractivity contribution in [3.8, 4) is 0 Å². The van der Waals surface area contributed by atoms with E-state index in [1.807, 2.05) is 24.3 Å². The van der Waals surface area contributed by atoms with Gasteiger partial charge in [0.25, 0.3) is 11.7 Å². The summed E-state index contributed by atoms with van der Waals surface area (Å²) in [5.74, 6) is -2.30. The molecule has 184 valence electrons. The second-order valence-corrected chi connectivity index (χ2v) is 10.5. The molecule has 0 radical (unpaired) electrons. The number of benzene rings is 3.